The molecule has 0 radical (unpaired) electrons. The first-order chi connectivity index (χ1) is 9.33. The standard InChI is InChI=1S/C13H16ClN5/c14-12-7-15-4-1-13(12)18-5-2-11(3-6-18)8-19-10-16-9-17-19/h1,4,7,9-11H,2-3,5-6,8H2. The van der Waals surface area contributed by atoms with E-state index in [0.29, 0.717) is 5.92 Å². The van der Waals surface area contributed by atoms with Crippen molar-refractivity contribution in [2.45, 2.75) is 19.4 Å². The van der Waals surface area contributed by atoms with Gasteiger partial charge in [0.25, 0.3) is 0 Å². The van der Waals surface area contributed by atoms with Crippen molar-refractivity contribution in [2.75, 3.05) is 18.0 Å². The molecule has 100 valence electrons. The van der Waals surface area contributed by atoms with E-state index in [0.717, 1.165) is 43.2 Å². The second kappa shape index (κ2) is 5.57. The fourth-order valence-electron chi connectivity index (χ4n) is 2.57. The molecule has 19 heavy (non-hydrogen) atoms. The molecule has 3 rings (SSSR count). The molecule has 0 saturated carbocycles. The molecule has 0 aliphatic carbocycles. The molecule has 0 aromatic carbocycles. The Kier molecular flexibility index (Phi) is 3.64. The smallest absolute Gasteiger partial charge is 0.137 e. The highest BCUT2D eigenvalue weighted by Crippen LogP contribution is 2.29. The maximum atomic E-state index is 6.18. The number of pyridine rings is 1. The van der Waals surface area contributed by atoms with Crippen LogP contribution in [0.5, 0.6) is 0 Å². The Morgan fingerprint density at radius 2 is 2.11 bits per heavy atom. The van der Waals surface area contributed by atoms with Crippen LogP contribution in [0.2, 0.25) is 5.02 Å². The van der Waals surface area contributed by atoms with Gasteiger partial charge in [-0.2, -0.15) is 5.10 Å². The van der Waals surface area contributed by atoms with Crippen LogP contribution in [0.4, 0.5) is 5.69 Å². The van der Waals surface area contributed by atoms with Crippen molar-refractivity contribution < 1.29 is 0 Å². The molecule has 5 nitrogen and oxygen atoms in total. The highest BCUT2D eigenvalue weighted by Gasteiger charge is 2.21. The third-order valence-electron chi connectivity index (χ3n) is 3.62. The largest absolute Gasteiger partial charge is 0.370 e. The molecule has 1 aliphatic heterocycles. The number of hydrogen-bond acceptors (Lipinski definition) is 4. The van der Waals surface area contributed by atoms with Crippen molar-refractivity contribution >= 4 is 17.3 Å². The fourth-order valence-corrected chi connectivity index (χ4v) is 2.81. The van der Waals surface area contributed by atoms with Crippen molar-refractivity contribution in [3.8, 4) is 0 Å². The Balaban J connectivity index is 1.59. The number of hydrogen-bond donors (Lipinski definition) is 0. The summed E-state index contributed by atoms with van der Waals surface area (Å²) in [6, 6.07) is 1.99. The van der Waals surface area contributed by atoms with E-state index in [1.807, 2.05) is 10.7 Å². The van der Waals surface area contributed by atoms with Crippen LogP contribution >= 0.6 is 11.6 Å². The van der Waals surface area contributed by atoms with Gasteiger partial charge in [0.15, 0.2) is 0 Å². The molecule has 0 unspecified atom stereocenters. The summed E-state index contributed by atoms with van der Waals surface area (Å²) in [5, 5.41) is 4.90. The van der Waals surface area contributed by atoms with Gasteiger partial charge < -0.3 is 4.90 Å². The van der Waals surface area contributed by atoms with Gasteiger partial charge in [0.05, 0.1) is 10.7 Å². The van der Waals surface area contributed by atoms with Gasteiger partial charge in [-0.05, 0) is 24.8 Å². The molecule has 6 heteroatoms. The lowest BCUT2D eigenvalue weighted by Gasteiger charge is -2.33. The summed E-state index contributed by atoms with van der Waals surface area (Å²) in [6.45, 7) is 3.02. The van der Waals surface area contributed by atoms with Crippen molar-refractivity contribution in [1.82, 2.24) is 19.7 Å². The van der Waals surface area contributed by atoms with Gasteiger partial charge in [-0.3, -0.25) is 9.67 Å². The van der Waals surface area contributed by atoms with Crippen LogP contribution in [0.15, 0.2) is 31.1 Å². The minimum absolute atomic E-state index is 0.665. The maximum absolute atomic E-state index is 6.18. The summed E-state index contributed by atoms with van der Waals surface area (Å²) in [6.07, 6.45) is 9.18. The molecule has 3 heterocycles. The molecular weight excluding hydrogens is 262 g/mol. The van der Waals surface area contributed by atoms with Crippen LogP contribution < -0.4 is 4.90 Å². The zero-order valence-electron chi connectivity index (χ0n) is 10.6. The van der Waals surface area contributed by atoms with Crippen molar-refractivity contribution in [1.29, 1.82) is 0 Å². The minimum Gasteiger partial charge on any atom is -0.370 e. The fraction of sp³-hybridized carbons (Fsp3) is 0.462. The first-order valence-corrected chi connectivity index (χ1v) is 6.87. The molecule has 0 amide bonds. The van der Waals surface area contributed by atoms with Gasteiger partial charge in [0, 0.05) is 32.0 Å². The number of piperidine rings is 1. The van der Waals surface area contributed by atoms with Crippen LogP contribution in [0.25, 0.3) is 0 Å². The Morgan fingerprint density at radius 3 is 2.79 bits per heavy atom. The Bertz CT molecular complexity index is 520. The Labute approximate surface area is 117 Å². The number of halogens is 1. The second-order valence-corrected chi connectivity index (χ2v) is 5.28. The monoisotopic (exact) mass is 277 g/mol. The second-order valence-electron chi connectivity index (χ2n) is 4.88. The summed E-state index contributed by atoms with van der Waals surface area (Å²) >= 11 is 6.18. The van der Waals surface area contributed by atoms with Crippen LogP contribution in [0.3, 0.4) is 0 Å². The maximum Gasteiger partial charge on any atom is 0.137 e. The average molecular weight is 278 g/mol. The van der Waals surface area contributed by atoms with Crippen LogP contribution in [0.1, 0.15) is 12.8 Å². The van der Waals surface area contributed by atoms with E-state index in [4.69, 9.17) is 11.6 Å². The molecule has 0 atom stereocenters. The van der Waals surface area contributed by atoms with Gasteiger partial charge in [-0.15, -0.1) is 0 Å². The first kappa shape index (κ1) is 12.4. The first-order valence-electron chi connectivity index (χ1n) is 6.50. The summed E-state index contributed by atoms with van der Waals surface area (Å²) in [4.78, 5) is 10.3. The summed E-state index contributed by atoms with van der Waals surface area (Å²) < 4.78 is 1.92. The van der Waals surface area contributed by atoms with E-state index in [1.54, 1.807) is 25.0 Å². The van der Waals surface area contributed by atoms with E-state index in [2.05, 4.69) is 20.0 Å². The lowest BCUT2D eigenvalue weighted by Crippen LogP contribution is -2.35. The molecule has 0 bridgehead atoms. The minimum atomic E-state index is 0.665. The number of anilines is 1. The number of nitrogens with zero attached hydrogens (tertiary/aromatic N) is 5. The van der Waals surface area contributed by atoms with Gasteiger partial charge >= 0.3 is 0 Å². The molecule has 2 aromatic rings. The normalized spacial score (nSPS) is 16.8. The average Bonchev–Trinajstić information content (AvgIpc) is 2.93. The van der Waals surface area contributed by atoms with E-state index in [1.165, 1.54) is 0 Å². The third-order valence-corrected chi connectivity index (χ3v) is 3.91. The SMILES string of the molecule is Clc1cnccc1N1CCC(Cn2cncn2)CC1. The molecule has 2 aromatic heterocycles. The molecule has 1 aliphatic rings. The van der Waals surface area contributed by atoms with E-state index in [-0.39, 0.29) is 0 Å². The summed E-state index contributed by atoms with van der Waals surface area (Å²) in [7, 11) is 0. The summed E-state index contributed by atoms with van der Waals surface area (Å²) in [5.74, 6) is 0.665. The van der Waals surface area contributed by atoms with E-state index < -0.39 is 0 Å². The van der Waals surface area contributed by atoms with Gasteiger partial charge in [-0.1, -0.05) is 11.6 Å². The predicted octanol–water partition coefficient (Wildman–Crippen LogP) is 2.24. The summed E-state index contributed by atoms with van der Waals surface area (Å²) in [5.41, 5.74) is 1.09. The number of rotatable bonds is 3. The third kappa shape index (κ3) is 2.87. The van der Waals surface area contributed by atoms with Crippen LogP contribution in [-0.4, -0.2) is 32.8 Å². The van der Waals surface area contributed by atoms with E-state index >= 15 is 0 Å². The Hall–Kier alpha value is -1.62. The lowest BCUT2D eigenvalue weighted by atomic mass is 9.96. The van der Waals surface area contributed by atoms with Crippen molar-refractivity contribution in [3.05, 3.63) is 36.1 Å². The highest BCUT2D eigenvalue weighted by molar-refractivity contribution is 6.33. The van der Waals surface area contributed by atoms with Gasteiger partial charge in [0.2, 0.25) is 0 Å². The molecule has 1 fully saturated rings. The molecule has 1 saturated heterocycles. The topological polar surface area (TPSA) is 46.8 Å². The van der Waals surface area contributed by atoms with E-state index in [9.17, 15) is 0 Å². The van der Waals surface area contributed by atoms with Gasteiger partial charge in [-0.25, -0.2) is 4.98 Å². The zero-order valence-corrected chi connectivity index (χ0v) is 11.4. The molecule has 0 spiro atoms. The van der Waals surface area contributed by atoms with Crippen LogP contribution in [-0.2, 0) is 6.54 Å². The molecular formula is C13H16ClN5. The van der Waals surface area contributed by atoms with Crippen LogP contribution in [0, 0.1) is 5.92 Å². The number of aromatic nitrogens is 4. The quantitative estimate of drug-likeness (QED) is 0.863. The highest BCUT2D eigenvalue weighted by atomic mass is 35.5. The van der Waals surface area contributed by atoms with Gasteiger partial charge in [0.1, 0.15) is 12.7 Å². The van der Waals surface area contributed by atoms with Crippen molar-refractivity contribution in [3.63, 3.8) is 0 Å². The molecule has 0 N–H and O–H groups in total. The predicted molar refractivity (Wildman–Crippen MR) is 74.2 cm³/mol. The van der Waals surface area contributed by atoms with Crippen molar-refractivity contribution in [2.24, 2.45) is 5.92 Å². The zero-order chi connectivity index (χ0) is 13.1. The lowest BCUT2D eigenvalue weighted by molar-refractivity contribution is 0.342. The Morgan fingerprint density at radius 1 is 1.26 bits per heavy atom.